The molecular formula is C24H24BrN3O5S. The first-order valence-corrected chi connectivity index (χ1v) is 12.4. The summed E-state index contributed by atoms with van der Waals surface area (Å²) < 4.78 is 38.9. The van der Waals surface area contributed by atoms with Crippen molar-refractivity contribution >= 4 is 43.3 Å². The smallest absolute Gasteiger partial charge is 0.264 e. The highest BCUT2D eigenvalue weighted by atomic mass is 79.9. The van der Waals surface area contributed by atoms with Gasteiger partial charge in [0.05, 0.1) is 30.5 Å². The molecule has 0 saturated carbocycles. The number of carbonyl (C=O) groups excluding carboxylic acids is 1. The average molecular weight is 546 g/mol. The molecule has 0 heterocycles. The van der Waals surface area contributed by atoms with Gasteiger partial charge in [-0.15, -0.1) is 0 Å². The second-order valence-corrected chi connectivity index (χ2v) is 9.88. The van der Waals surface area contributed by atoms with Crippen LogP contribution >= 0.6 is 15.9 Å². The molecule has 3 rings (SSSR count). The normalized spacial score (nSPS) is 11.6. The van der Waals surface area contributed by atoms with Crippen LogP contribution in [0.4, 0.5) is 5.69 Å². The summed E-state index contributed by atoms with van der Waals surface area (Å²) in [5.41, 5.74) is 4.00. The van der Waals surface area contributed by atoms with Gasteiger partial charge in [-0.3, -0.25) is 9.10 Å². The van der Waals surface area contributed by atoms with Gasteiger partial charge >= 0.3 is 0 Å². The maximum atomic E-state index is 13.3. The summed E-state index contributed by atoms with van der Waals surface area (Å²) in [7, 11) is -0.932. The van der Waals surface area contributed by atoms with Crippen LogP contribution in [0.15, 0.2) is 87.3 Å². The molecule has 3 aromatic rings. The molecule has 3 aromatic carbocycles. The second kappa shape index (κ2) is 11.2. The molecule has 34 heavy (non-hydrogen) atoms. The van der Waals surface area contributed by atoms with Crippen LogP contribution in [0.25, 0.3) is 0 Å². The predicted molar refractivity (Wildman–Crippen MR) is 135 cm³/mol. The van der Waals surface area contributed by atoms with E-state index in [1.807, 2.05) is 0 Å². The predicted octanol–water partition coefficient (Wildman–Crippen LogP) is 4.20. The summed E-state index contributed by atoms with van der Waals surface area (Å²) in [5, 5.41) is 4.13. The number of sulfonamides is 1. The van der Waals surface area contributed by atoms with Gasteiger partial charge in [0.1, 0.15) is 6.54 Å². The topological polar surface area (TPSA) is 97.3 Å². The number of amides is 1. The molecule has 0 aliphatic rings. The number of hydrogen-bond acceptors (Lipinski definition) is 6. The molecule has 10 heteroatoms. The van der Waals surface area contributed by atoms with Crippen LogP contribution in [0.2, 0.25) is 0 Å². The molecule has 1 N–H and O–H groups in total. The van der Waals surface area contributed by atoms with Gasteiger partial charge in [-0.1, -0.05) is 40.2 Å². The number of rotatable bonds is 9. The van der Waals surface area contributed by atoms with Gasteiger partial charge in [0.25, 0.3) is 15.9 Å². The summed E-state index contributed by atoms with van der Waals surface area (Å²) in [5.74, 6) is 0.494. The van der Waals surface area contributed by atoms with E-state index in [9.17, 15) is 13.2 Å². The van der Waals surface area contributed by atoms with Gasteiger partial charge in [0, 0.05) is 10.0 Å². The third kappa shape index (κ3) is 5.95. The van der Waals surface area contributed by atoms with E-state index in [1.165, 1.54) is 19.2 Å². The Morgan fingerprint density at radius 3 is 2.32 bits per heavy atom. The van der Waals surface area contributed by atoms with Crippen LogP contribution in [0.5, 0.6) is 11.5 Å². The fourth-order valence-electron chi connectivity index (χ4n) is 3.10. The first kappa shape index (κ1) is 25.3. The van der Waals surface area contributed by atoms with Gasteiger partial charge in [-0.25, -0.2) is 13.8 Å². The lowest BCUT2D eigenvalue weighted by Crippen LogP contribution is -2.39. The molecular weight excluding hydrogens is 522 g/mol. The Kier molecular flexibility index (Phi) is 8.30. The zero-order chi connectivity index (χ0) is 24.7. The highest BCUT2D eigenvalue weighted by Gasteiger charge is 2.27. The third-order valence-corrected chi connectivity index (χ3v) is 7.15. The van der Waals surface area contributed by atoms with Crippen molar-refractivity contribution in [2.45, 2.75) is 11.8 Å². The van der Waals surface area contributed by atoms with Gasteiger partial charge in [-0.2, -0.15) is 5.10 Å². The van der Waals surface area contributed by atoms with Crippen molar-refractivity contribution in [3.05, 3.63) is 82.8 Å². The maximum Gasteiger partial charge on any atom is 0.264 e. The molecule has 0 saturated heterocycles. The van der Waals surface area contributed by atoms with Crippen LogP contribution in [-0.4, -0.2) is 40.8 Å². The second-order valence-electron chi connectivity index (χ2n) is 7.11. The molecule has 0 atom stereocenters. The molecule has 0 aliphatic carbocycles. The third-order valence-electron chi connectivity index (χ3n) is 4.86. The molecule has 0 fully saturated rings. The Morgan fingerprint density at radius 2 is 1.68 bits per heavy atom. The van der Waals surface area contributed by atoms with Crippen molar-refractivity contribution in [1.82, 2.24) is 5.43 Å². The number of nitrogens with zero attached hydrogens (tertiary/aromatic N) is 2. The Labute approximate surface area is 207 Å². The van der Waals surface area contributed by atoms with Crippen LogP contribution < -0.4 is 19.2 Å². The molecule has 0 radical (unpaired) electrons. The van der Waals surface area contributed by atoms with E-state index in [4.69, 9.17) is 9.47 Å². The summed E-state index contributed by atoms with van der Waals surface area (Å²) >= 11 is 3.35. The van der Waals surface area contributed by atoms with Gasteiger partial charge in [-0.05, 0) is 55.5 Å². The highest BCUT2D eigenvalue weighted by molar-refractivity contribution is 9.10. The summed E-state index contributed by atoms with van der Waals surface area (Å²) in [6.45, 7) is 1.25. The van der Waals surface area contributed by atoms with Crippen LogP contribution in [-0.2, 0) is 14.8 Å². The van der Waals surface area contributed by atoms with Crippen LogP contribution in [0.3, 0.4) is 0 Å². The number of anilines is 1. The first-order chi connectivity index (χ1) is 16.3. The maximum absolute atomic E-state index is 13.3. The molecule has 8 nitrogen and oxygen atoms in total. The minimum absolute atomic E-state index is 0.0767. The fraction of sp³-hybridized carbons (Fsp3) is 0.167. The lowest BCUT2D eigenvalue weighted by atomic mass is 10.1. The summed E-state index contributed by atoms with van der Waals surface area (Å²) in [4.78, 5) is 12.8. The average Bonchev–Trinajstić information content (AvgIpc) is 2.85. The van der Waals surface area contributed by atoms with Crippen LogP contribution in [0.1, 0.15) is 12.5 Å². The number of hydrazone groups is 1. The van der Waals surface area contributed by atoms with Gasteiger partial charge in [0.15, 0.2) is 11.5 Å². The highest BCUT2D eigenvalue weighted by Crippen LogP contribution is 2.28. The lowest BCUT2D eigenvalue weighted by Gasteiger charge is -2.24. The Bertz CT molecular complexity index is 1300. The molecule has 178 valence electrons. The van der Waals surface area contributed by atoms with E-state index < -0.39 is 22.5 Å². The van der Waals surface area contributed by atoms with Crippen molar-refractivity contribution < 1.29 is 22.7 Å². The monoisotopic (exact) mass is 545 g/mol. The minimum atomic E-state index is -4.00. The van der Waals surface area contributed by atoms with Crippen molar-refractivity contribution in [2.75, 3.05) is 25.1 Å². The molecule has 1 amide bonds. The zero-order valence-electron chi connectivity index (χ0n) is 18.9. The van der Waals surface area contributed by atoms with Gasteiger partial charge in [0.2, 0.25) is 0 Å². The van der Waals surface area contributed by atoms with Gasteiger partial charge < -0.3 is 9.47 Å². The van der Waals surface area contributed by atoms with Crippen LogP contribution in [0, 0.1) is 0 Å². The number of methoxy groups -OCH3 is 2. The molecule has 0 spiro atoms. The van der Waals surface area contributed by atoms with Crippen molar-refractivity contribution in [3.8, 4) is 11.5 Å². The fourth-order valence-corrected chi connectivity index (χ4v) is 4.92. The molecule has 0 aliphatic heterocycles. The number of hydrogen-bond donors (Lipinski definition) is 1. The van der Waals surface area contributed by atoms with E-state index in [0.29, 0.717) is 32.9 Å². The van der Waals surface area contributed by atoms with E-state index in [2.05, 4.69) is 26.5 Å². The molecule has 0 unspecified atom stereocenters. The number of halogens is 1. The number of ether oxygens (including phenoxy) is 2. The van der Waals surface area contributed by atoms with Crippen molar-refractivity contribution in [2.24, 2.45) is 5.10 Å². The quantitative estimate of drug-likeness (QED) is 0.321. The Hall–Kier alpha value is -3.37. The lowest BCUT2D eigenvalue weighted by molar-refractivity contribution is -0.119. The summed E-state index contributed by atoms with van der Waals surface area (Å²) in [6.07, 6.45) is 0. The Morgan fingerprint density at radius 1 is 0.971 bits per heavy atom. The Balaban J connectivity index is 1.85. The number of benzene rings is 3. The van der Waals surface area contributed by atoms with E-state index in [0.717, 1.165) is 4.31 Å². The van der Waals surface area contributed by atoms with E-state index in [1.54, 1.807) is 74.7 Å². The SMILES string of the molecule is COc1ccc(/C(C)=N/NC(=O)CN(c2cccc(Br)c2)S(=O)(=O)c2ccccc2)cc1OC. The first-order valence-electron chi connectivity index (χ1n) is 10.1. The van der Waals surface area contributed by atoms with E-state index >= 15 is 0 Å². The van der Waals surface area contributed by atoms with Crippen molar-refractivity contribution in [3.63, 3.8) is 0 Å². The zero-order valence-corrected chi connectivity index (χ0v) is 21.3. The molecule has 0 aromatic heterocycles. The van der Waals surface area contributed by atoms with Crippen molar-refractivity contribution in [1.29, 1.82) is 0 Å². The number of nitrogens with one attached hydrogen (secondary N) is 1. The molecule has 0 bridgehead atoms. The standard InChI is InChI=1S/C24H24BrN3O5S/c1-17(18-12-13-22(32-2)23(14-18)33-3)26-27-24(29)16-28(20-9-7-8-19(25)15-20)34(30,31)21-10-5-4-6-11-21/h4-15H,16H2,1-3H3,(H,27,29)/b26-17+. The minimum Gasteiger partial charge on any atom is -0.493 e. The number of carbonyl (C=O) groups is 1. The van der Waals surface area contributed by atoms with E-state index in [-0.39, 0.29) is 4.90 Å². The largest absolute Gasteiger partial charge is 0.493 e. The summed E-state index contributed by atoms with van der Waals surface area (Å²) in [6, 6.07) is 19.9.